The van der Waals surface area contributed by atoms with Crippen LogP contribution in [0.3, 0.4) is 0 Å². The lowest BCUT2D eigenvalue weighted by Crippen LogP contribution is -2.29. The van der Waals surface area contributed by atoms with Crippen LogP contribution in [0.25, 0.3) is 0 Å². The summed E-state index contributed by atoms with van der Waals surface area (Å²) in [6, 6.07) is 5.83. The summed E-state index contributed by atoms with van der Waals surface area (Å²) in [5.41, 5.74) is 2.07. The Labute approximate surface area is 121 Å². The zero-order chi connectivity index (χ0) is 14.4. The molecule has 0 aromatic heterocycles. The number of benzene rings is 1. The second-order valence-electron chi connectivity index (χ2n) is 4.56. The Bertz CT molecular complexity index is 474. The number of carboxylic acids is 1. The van der Waals surface area contributed by atoms with E-state index in [4.69, 9.17) is 5.11 Å². The molecule has 0 saturated heterocycles. The highest BCUT2D eigenvalue weighted by Crippen LogP contribution is 2.16. The van der Waals surface area contributed by atoms with Gasteiger partial charge in [-0.1, -0.05) is 22.0 Å². The lowest BCUT2D eigenvalue weighted by Gasteiger charge is -2.17. The monoisotopic (exact) mass is 327 g/mol. The highest BCUT2D eigenvalue weighted by molar-refractivity contribution is 9.10. The first-order valence-electron chi connectivity index (χ1n) is 6.11. The number of aliphatic carboxylic acids is 1. The van der Waals surface area contributed by atoms with Crippen molar-refractivity contribution in [3.8, 4) is 0 Å². The van der Waals surface area contributed by atoms with Gasteiger partial charge in [0.1, 0.15) is 0 Å². The van der Waals surface area contributed by atoms with Crippen LogP contribution in [0.15, 0.2) is 22.7 Å². The van der Waals surface area contributed by atoms with E-state index in [1.807, 2.05) is 25.1 Å². The van der Waals surface area contributed by atoms with Crippen molar-refractivity contribution < 1.29 is 14.7 Å². The smallest absolute Gasteiger partial charge is 0.303 e. The fourth-order valence-electron chi connectivity index (χ4n) is 1.75. The predicted octanol–water partition coefficient (Wildman–Crippen LogP) is 2.62. The number of carbonyl (C=O) groups excluding carboxylic acids is 1. The van der Waals surface area contributed by atoms with Crippen molar-refractivity contribution >= 4 is 27.8 Å². The minimum Gasteiger partial charge on any atom is -0.481 e. The van der Waals surface area contributed by atoms with Crippen LogP contribution in [-0.4, -0.2) is 35.5 Å². The molecule has 0 unspecified atom stereocenters. The molecule has 4 nitrogen and oxygen atoms in total. The van der Waals surface area contributed by atoms with Gasteiger partial charge >= 0.3 is 5.97 Å². The summed E-state index contributed by atoms with van der Waals surface area (Å²) in [6.07, 6.45) is 0.925. The minimum atomic E-state index is -0.829. The third kappa shape index (κ3) is 5.42. The quantitative estimate of drug-likeness (QED) is 0.873. The van der Waals surface area contributed by atoms with Crippen molar-refractivity contribution in [3.63, 3.8) is 0 Å². The fourth-order valence-corrected chi connectivity index (χ4v) is 2.22. The summed E-state index contributed by atoms with van der Waals surface area (Å²) in [6.45, 7) is 2.44. The maximum atomic E-state index is 12.0. The maximum Gasteiger partial charge on any atom is 0.303 e. The fraction of sp³-hybridized carbons (Fsp3) is 0.429. The SMILES string of the molecule is Cc1cc(Br)ccc1CC(=O)N(C)CCCC(=O)O. The first-order valence-corrected chi connectivity index (χ1v) is 6.90. The van der Waals surface area contributed by atoms with E-state index in [0.717, 1.165) is 15.6 Å². The standard InChI is InChI=1S/C14H18BrNO3/c1-10-8-12(15)6-5-11(10)9-13(17)16(2)7-3-4-14(18)19/h5-6,8H,3-4,7,9H2,1-2H3,(H,18,19). The van der Waals surface area contributed by atoms with E-state index in [-0.39, 0.29) is 12.3 Å². The summed E-state index contributed by atoms with van der Waals surface area (Å²) in [4.78, 5) is 24.0. The highest BCUT2D eigenvalue weighted by atomic mass is 79.9. The topological polar surface area (TPSA) is 57.6 Å². The van der Waals surface area contributed by atoms with Gasteiger partial charge in [0.05, 0.1) is 6.42 Å². The molecule has 0 fully saturated rings. The van der Waals surface area contributed by atoms with Gasteiger partial charge in [-0.3, -0.25) is 9.59 Å². The molecule has 104 valence electrons. The van der Waals surface area contributed by atoms with E-state index in [0.29, 0.717) is 19.4 Å². The van der Waals surface area contributed by atoms with Crippen molar-refractivity contribution in [3.05, 3.63) is 33.8 Å². The van der Waals surface area contributed by atoms with Gasteiger partial charge < -0.3 is 10.0 Å². The molecule has 0 saturated carbocycles. The molecular weight excluding hydrogens is 310 g/mol. The van der Waals surface area contributed by atoms with Gasteiger partial charge in [0, 0.05) is 24.5 Å². The molecule has 0 aliphatic heterocycles. The Hall–Kier alpha value is -1.36. The largest absolute Gasteiger partial charge is 0.481 e. The molecule has 1 aromatic rings. The van der Waals surface area contributed by atoms with Crippen LogP contribution in [0.5, 0.6) is 0 Å². The average Bonchev–Trinajstić information content (AvgIpc) is 2.32. The van der Waals surface area contributed by atoms with Crippen LogP contribution in [0.4, 0.5) is 0 Å². The van der Waals surface area contributed by atoms with Crippen LogP contribution in [0, 0.1) is 6.92 Å². The van der Waals surface area contributed by atoms with Crippen LogP contribution < -0.4 is 0 Å². The molecule has 0 spiro atoms. The van der Waals surface area contributed by atoms with Crippen molar-refractivity contribution in [1.29, 1.82) is 0 Å². The number of amides is 1. The van der Waals surface area contributed by atoms with Crippen LogP contribution >= 0.6 is 15.9 Å². The molecule has 0 bridgehead atoms. The lowest BCUT2D eigenvalue weighted by atomic mass is 10.1. The molecule has 5 heteroatoms. The van der Waals surface area contributed by atoms with E-state index in [9.17, 15) is 9.59 Å². The Kier molecular flexibility index (Phi) is 6.02. The second kappa shape index (κ2) is 7.28. The van der Waals surface area contributed by atoms with Gasteiger partial charge in [-0.25, -0.2) is 0 Å². The second-order valence-corrected chi connectivity index (χ2v) is 5.48. The summed E-state index contributed by atoms with van der Waals surface area (Å²) in [5.74, 6) is -0.819. The van der Waals surface area contributed by atoms with Crippen LogP contribution in [-0.2, 0) is 16.0 Å². The molecule has 0 heterocycles. The molecule has 0 aliphatic rings. The molecule has 0 atom stereocenters. The van der Waals surface area contributed by atoms with Crippen molar-refractivity contribution in [2.45, 2.75) is 26.2 Å². The summed E-state index contributed by atoms with van der Waals surface area (Å²) >= 11 is 3.39. The number of halogens is 1. The normalized spacial score (nSPS) is 10.3. The van der Waals surface area contributed by atoms with E-state index < -0.39 is 5.97 Å². The molecule has 19 heavy (non-hydrogen) atoms. The van der Waals surface area contributed by atoms with Crippen LogP contribution in [0.2, 0.25) is 0 Å². The van der Waals surface area contributed by atoms with Crippen molar-refractivity contribution in [2.24, 2.45) is 0 Å². The number of hydrogen-bond acceptors (Lipinski definition) is 2. The van der Waals surface area contributed by atoms with Gasteiger partial charge in [-0.15, -0.1) is 0 Å². The third-order valence-corrected chi connectivity index (χ3v) is 3.45. The Morgan fingerprint density at radius 2 is 2.05 bits per heavy atom. The van der Waals surface area contributed by atoms with Gasteiger partial charge in [-0.05, 0) is 36.6 Å². The van der Waals surface area contributed by atoms with Crippen molar-refractivity contribution in [1.82, 2.24) is 4.90 Å². The number of aryl methyl sites for hydroxylation is 1. The summed E-state index contributed by atoms with van der Waals surface area (Å²) in [7, 11) is 1.71. The number of likely N-dealkylation sites (N-methyl/N-ethyl adjacent to an activating group) is 1. The van der Waals surface area contributed by atoms with E-state index in [2.05, 4.69) is 15.9 Å². The molecule has 1 amide bonds. The predicted molar refractivity (Wildman–Crippen MR) is 77.1 cm³/mol. The van der Waals surface area contributed by atoms with Gasteiger partial charge in [0.15, 0.2) is 0 Å². The number of hydrogen-bond donors (Lipinski definition) is 1. The van der Waals surface area contributed by atoms with E-state index in [1.165, 1.54) is 0 Å². The summed E-state index contributed by atoms with van der Waals surface area (Å²) in [5, 5.41) is 8.55. The maximum absolute atomic E-state index is 12.0. The lowest BCUT2D eigenvalue weighted by molar-refractivity contribution is -0.138. The van der Waals surface area contributed by atoms with Gasteiger partial charge in [0.25, 0.3) is 0 Å². The van der Waals surface area contributed by atoms with E-state index in [1.54, 1.807) is 11.9 Å². The minimum absolute atomic E-state index is 0.0100. The van der Waals surface area contributed by atoms with Gasteiger partial charge in [0.2, 0.25) is 5.91 Å². The first-order chi connectivity index (χ1) is 8.90. The zero-order valence-corrected chi connectivity index (χ0v) is 12.7. The third-order valence-electron chi connectivity index (χ3n) is 2.96. The average molecular weight is 328 g/mol. The summed E-state index contributed by atoms with van der Waals surface area (Å²) < 4.78 is 0.996. The molecule has 1 N–H and O–H groups in total. The van der Waals surface area contributed by atoms with Crippen molar-refractivity contribution in [2.75, 3.05) is 13.6 Å². The Balaban J connectivity index is 2.51. The molecule has 1 aromatic carbocycles. The molecule has 0 aliphatic carbocycles. The zero-order valence-electron chi connectivity index (χ0n) is 11.1. The van der Waals surface area contributed by atoms with E-state index >= 15 is 0 Å². The molecule has 1 rings (SSSR count). The molecule has 0 radical (unpaired) electrons. The number of carbonyl (C=O) groups is 2. The number of carboxylic acid groups (broad SMARTS) is 1. The van der Waals surface area contributed by atoms with Crippen LogP contribution in [0.1, 0.15) is 24.0 Å². The Morgan fingerprint density at radius 3 is 2.63 bits per heavy atom. The molecular formula is C14H18BrNO3. The van der Waals surface area contributed by atoms with Gasteiger partial charge in [-0.2, -0.15) is 0 Å². The first kappa shape index (κ1) is 15.7. The Morgan fingerprint density at radius 1 is 1.37 bits per heavy atom. The number of nitrogens with zero attached hydrogens (tertiary/aromatic N) is 1. The highest BCUT2D eigenvalue weighted by Gasteiger charge is 2.11. The number of rotatable bonds is 6.